The Hall–Kier alpha value is -0.220. The Labute approximate surface area is 84.4 Å². The lowest BCUT2D eigenvalue weighted by molar-refractivity contribution is -0.145. The predicted octanol–water partition coefficient (Wildman–Crippen LogP) is 0.977. The highest BCUT2D eigenvalue weighted by atomic mass is 32.1. The van der Waals surface area contributed by atoms with Gasteiger partial charge in [0.15, 0.2) is 0 Å². The summed E-state index contributed by atoms with van der Waals surface area (Å²) in [6.45, 7) is 0.532. The van der Waals surface area contributed by atoms with E-state index in [1.807, 2.05) is 0 Å². The van der Waals surface area contributed by atoms with Crippen molar-refractivity contribution in [3.05, 3.63) is 0 Å². The smallest absolute Gasteiger partial charge is 0.322 e. The molecule has 0 heterocycles. The number of hydrogen-bond acceptors (Lipinski definition) is 4. The molecule has 1 atom stereocenters. The van der Waals surface area contributed by atoms with Gasteiger partial charge in [-0.2, -0.15) is 12.6 Å². The van der Waals surface area contributed by atoms with Crippen LogP contribution in [0.2, 0.25) is 0 Å². The SMILES string of the molecule is NC(CCS)C(=O)OCCC1CC1. The second kappa shape index (κ2) is 5.50. The van der Waals surface area contributed by atoms with Gasteiger partial charge in [-0.1, -0.05) is 12.8 Å². The number of thiol groups is 1. The molecule has 3 nitrogen and oxygen atoms in total. The summed E-state index contributed by atoms with van der Waals surface area (Å²) in [5.74, 6) is 1.14. The molecule has 0 amide bonds. The fourth-order valence-corrected chi connectivity index (χ4v) is 1.37. The Kier molecular flexibility index (Phi) is 4.59. The molecule has 1 rings (SSSR count). The number of esters is 1. The highest BCUT2D eigenvalue weighted by Crippen LogP contribution is 2.32. The van der Waals surface area contributed by atoms with Crippen LogP contribution in [0.5, 0.6) is 0 Å². The van der Waals surface area contributed by atoms with Crippen LogP contribution in [0.15, 0.2) is 0 Å². The van der Waals surface area contributed by atoms with E-state index in [9.17, 15) is 4.79 Å². The van der Waals surface area contributed by atoms with Gasteiger partial charge in [-0.25, -0.2) is 0 Å². The first kappa shape index (κ1) is 10.9. The van der Waals surface area contributed by atoms with Crippen molar-refractivity contribution in [3.8, 4) is 0 Å². The molecule has 0 aromatic carbocycles. The molecule has 0 radical (unpaired) electrons. The summed E-state index contributed by atoms with van der Waals surface area (Å²) in [6, 6.07) is -0.489. The zero-order valence-electron chi connectivity index (χ0n) is 7.74. The standard InChI is InChI=1S/C9H17NO2S/c10-8(4-6-13)9(11)12-5-3-7-1-2-7/h7-8,13H,1-6,10H2. The van der Waals surface area contributed by atoms with Crippen molar-refractivity contribution in [1.29, 1.82) is 0 Å². The molecule has 0 aliphatic heterocycles. The number of nitrogens with two attached hydrogens (primary N) is 1. The van der Waals surface area contributed by atoms with Gasteiger partial charge in [-0.3, -0.25) is 4.79 Å². The Morgan fingerprint density at radius 1 is 1.62 bits per heavy atom. The van der Waals surface area contributed by atoms with Crippen molar-refractivity contribution in [3.63, 3.8) is 0 Å². The number of rotatable bonds is 6. The Morgan fingerprint density at radius 3 is 2.85 bits per heavy atom. The molecule has 0 spiro atoms. The highest BCUT2D eigenvalue weighted by molar-refractivity contribution is 7.80. The third-order valence-electron chi connectivity index (χ3n) is 2.21. The van der Waals surface area contributed by atoms with Gasteiger partial charge < -0.3 is 10.5 Å². The first-order valence-electron chi connectivity index (χ1n) is 4.77. The summed E-state index contributed by atoms with van der Waals surface area (Å²) >= 11 is 4.00. The van der Waals surface area contributed by atoms with Crippen molar-refractivity contribution in [2.45, 2.75) is 31.7 Å². The van der Waals surface area contributed by atoms with E-state index < -0.39 is 6.04 Å². The molecular weight excluding hydrogens is 186 g/mol. The van der Waals surface area contributed by atoms with Crippen molar-refractivity contribution < 1.29 is 9.53 Å². The van der Waals surface area contributed by atoms with Gasteiger partial charge >= 0.3 is 5.97 Å². The first-order chi connectivity index (χ1) is 6.24. The second-order valence-electron chi connectivity index (χ2n) is 3.52. The van der Waals surface area contributed by atoms with E-state index >= 15 is 0 Å². The lowest BCUT2D eigenvalue weighted by Gasteiger charge is -2.09. The number of carbonyl (C=O) groups is 1. The average Bonchev–Trinajstić information content (AvgIpc) is 2.88. The van der Waals surface area contributed by atoms with Gasteiger partial charge in [0, 0.05) is 0 Å². The zero-order valence-corrected chi connectivity index (χ0v) is 8.63. The third kappa shape index (κ3) is 4.52. The molecule has 0 bridgehead atoms. The largest absolute Gasteiger partial charge is 0.465 e. The van der Waals surface area contributed by atoms with Crippen LogP contribution in [0.1, 0.15) is 25.7 Å². The van der Waals surface area contributed by atoms with Crippen LogP contribution in [0.25, 0.3) is 0 Å². The van der Waals surface area contributed by atoms with Crippen molar-refractivity contribution >= 4 is 18.6 Å². The molecule has 0 aromatic rings. The first-order valence-corrected chi connectivity index (χ1v) is 5.40. The molecule has 1 aliphatic rings. The summed E-state index contributed by atoms with van der Waals surface area (Å²) in [4.78, 5) is 11.2. The van der Waals surface area contributed by atoms with E-state index in [2.05, 4.69) is 12.6 Å². The fraction of sp³-hybridized carbons (Fsp3) is 0.889. The minimum absolute atomic E-state index is 0.283. The van der Waals surface area contributed by atoms with Crippen LogP contribution in [0, 0.1) is 5.92 Å². The number of ether oxygens (including phenoxy) is 1. The maximum atomic E-state index is 11.2. The van der Waals surface area contributed by atoms with Gasteiger partial charge in [0.2, 0.25) is 0 Å². The molecule has 1 fully saturated rings. The molecule has 0 aromatic heterocycles. The monoisotopic (exact) mass is 203 g/mol. The summed E-state index contributed by atoms with van der Waals surface area (Å²) < 4.78 is 5.01. The second-order valence-corrected chi connectivity index (χ2v) is 3.97. The van der Waals surface area contributed by atoms with E-state index in [-0.39, 0.29) is 5.97 Å². The molecule has 2 N–H and O–H groups in total. The molecular formula is C9H17NO2S. The maximum absolute atomic E-state index is 11.2. The molecule has 4 heteroatoms. The zero-order chi connectivity index (χ0) is 9.68. The van der Waals surface area contributed by atoms with Crippen molar-refractivity contribution in [2.24, 2.45) is 11.7 Å². The van der Waals surface area contributed by atoms with Crippen LogP contribution in [0.3, 0.4) is 0 Å². The number of carbonyl (C=O) groups excluding carboxylic acids is 1. The van der Waals surface area contributed by atoms with Crippen LogP contribution in [-0.4, -0.2) is 24.4 Å². The third-order valence-corrected chi connectivity index (χ3v) is 2.47. The molecule has 1 unspecified atom stereocenters. The van der Waals surface area contributed by atoms with E-state index in [0.717, 1.165) is 12.3 Å². The van der Waals surface area contributed by atoms with Gasteiger partial charge in [0.1, 0.15) is 6.04 Å². The van der Waals surface area contributed by atoms with Gasteiger partial charge in [-0.15, -0.1) is 0 Å². The summed E-state index contributed by atoms with van der Waals surface area (Å²) in [6.07, 6.45) is 4.17. The van der Waals surface area contributed by atoms with E-state index in [1.165, 1.54) is 12.8 Å². The summed E-state index contributed by atoms with van der Waals surface area (Å²) in [7, 11) is 0. The van der Waals surface area contributed by atoms with Crippen LogP contribution < -0.4 is 5.73 Å². The Morgan fingerprint density at radius 2 is 2.31 bits per heavy atom. The lowest BCUT2D eigenvalue weighted by atomic mass is 10.2. The summed E-state index contributed by atoms with van der Waals surface area (Å²) in [5.41, 5.74) is 5.54. The van der Waals surface area contributed by atoms with E-state index in [4.69, 9.17) is 10.5 Å². The Bertz CT molecular complexity index is 171. The van der Waals surface area contributed by atoms with Gasteiger partial charge in [0.25, 0.3) is 0 Å². The molecule has 1 saturated carbocycles. The van der Waals surface area contributed by atoms with E-state index in [0.29, 0.717) is 18.8 Å². The molecule has 1 aliphatic carbocycles. The van der Waals surface area contributed by atoms with Crippen molar-refractivity contribution in [1.82, 2.24) is 0 Å². The predicted molar refractivity (Wildman–Crippen MR) is 54.7 cm³/mol. The van der Waals surface area contributed by atoms with Crippen LogP contribution >= 0.6 is 12.6 Å². The molecule has 0 saturated heterocycles. The van der Waals surface area contributed by atoms with Crippen molar-refractivity contribution in [2.75, 3.05) is 12.4 Å². The quantitative estimate of drug-likeness (QED) is 0.500. The average molecular weight is 203 g/mol. The fourth-order valence-electron chi connectivity index (χ4n) is 1.10. The maximum Gasteiger partial charge on any atom is 0.322 e. The van der Waals surface area contributed by atoms with E-state index in [1.54, 1.807) is 0 Å². The van der Waals surface area contributed by atoms with Crippen LogP contribution in [0.4, 0.5) is 0 Å². The lowest BCUT2D eigenvalue weighted by Crippen LogP contribution is -2.32. The van der Waals surface area contributed by atoms with Crippen LogP contribution in [-0.2, 0) is 9.53 Å². The normalized spacial score (nSPS) is 18.3. The van der Waals surface area contributed by atoms with Gasteiger partial charge in [-0.05, 0) is 24.5 Å². The molecule has 76 valence electrons. The number of hydrogen-bond donors (Lipinski definition) is 2. The minimum atomic E-state index is -0.489. The Balaban J connectivity index is 2.01. The highest BCUT2D eigenvalue weighted by Gasteiger charge is 2.22. The van der Waals surface area contributed by atoms with Gasteiger partial charge in [0.05, 0.1) is 6.61 Å². The topological polar surface area (TPSA) is 52.3 Å². The molecule has 13 heavy (non-hydrogen) atoms. The minimum Gasteiger partial charge on any atom is -0.465 e. The summed E-state index contributed by atoms with van der Waals surface area (Å²) in [5, 5.41) is 0.